The predicted octanol–water partition coefficient (Wildman–Crippen LogP) is 3.22. The van der Waals surface area contributed by atoms with Crippen molar-refractivity contribution >= 4 is 17.8 Å². The molecule has 1 N–H and O–H groups in total. The smallest absolute Gasteiger partial charge is 0.331 e. The molecule has 0 spiro atoms. The van der Waals surface area contributed by atoms with Crippen molar-refractivity contribution in [3.8, 4) is 11.5 Å². The van der Waals surface area contributed by atoms with Crippen LogP contribution in [0.5, 0.6) is 11.5 Å². The number of methoxy groups -OCH3 is 1. The molecule has 0 unspecified atom stereocenters. The molecule has 2 aromatic carbocycles. The lowest BCUT2D eigenvalue weighted by atomic mass is 10.1. The number of ether oxygens (including phenoxy) is 7. The van der Waals surface area contributed by atoms with E-state index in [2.05, 4.69) is 10.3 Å². The van der Waals surface area contributed by atoms with Gasteiger partial charge in [-0.05, 0) is 18.1 Å². The second kappa shape index (κ2) is 16.4. The Hall–Kier alpha value is -4.52. The number of pyridine rings is 1. The van der Waals surface area contributed by atoms with Crippen LogP contribution in [0.25, 0.3) is 0 Å². The number of carbonyl (C=O) groups is 3. The summed E-state index contributed by atoms with van der Waals surface area (Å²) in [4.78, 5) is 41.9. The highest BCUT2D eigenvalue weighted by Gasteiger charge is 2.37. The fraction of sp³-hybridized carbons (Fsp3) is 0.375. The SMILES string of the molecule is COc1ccnc(C(=O)N[C@@H]2COC[C@@H](OCc3ccccc3)[C@H](OCc3ccccc3)[C@H](C)OC2=O)c1OCOC(C)=O. The fourth-order valence-corrected chi connectivity index (χ4v) is 4.42. The Bertz CT molecular complexity index is 1370. The Kier molecular flexibility index (Phi) is 12.0. The third-order valence-corrected chi connectivity index (χ3v) is 6.65. The van der Waals surface area contributed by atoms with Crippen LogP contribution in [0.1, 0.15) is 35.5 Å². The van der Waals surface area contributed by atoms with Crippen LogP contribution in [0.3, 0.4) is 0 Å². The van der Waals surface area contributed by atoms with Gasteiger partial charge in [0.25, 0.3) is 5.91 Å². The van der Waals surface area contributed by atoms with Gasteiger partial charge < -0.3 is 38.5 Å². The number of nitrogens with one attached hydrogen (secondary N) is 1. The molecule has 3 aromatic rings. The van der Waals surface area contributed by atoms with Crippen LogP contribution in [-0.2, 0) is 46.5 Å². The minimum atomic E-state index is -1.19. The number of nitrogens with zero attached hydrogens (tertiary/aromatic N) is 1. The first-order valence-corrected chi connectivity index (χ1v) is 14.0. The van der Waals surface area contributed by atoms with E-state index < -0.39 is 49.0 Å². The quantitative estimate of drug-likeness (QED) is 0.239. The molecule has 1 aliphatic rings. The summed E-state index contributed by atoms with van der Waals surface area (Å²) in [6.45, 7) is 2.86. The number of rotatable bonds is 12. The lowest BCUT2D eigenvalue weighted by Gasteiger charge is -2.30. The van der Waals surface area contributed by atoms with E-state index in [1.54, 1.807) is 6.92 Å². The highest BCUT2D eigenvalue weighted by Crippen LogP contribution is 2.30. The molecule has 0 radical (unpaired) electrons. The molecule has 44 heavy (non-hydrogen) atoms. The zero-order chi connectivity index (χ0) is 31.3. The summed E-state index contributed by atoms with van der Waals surface area (Å²) in [6, 6.07) is 19.5. The second-order valence-electron chi connectivity index (χ2n) is 9.89. The Morgan fingerprint density at radius 2 is 1.61 bits per heavy atom. The van der Waals surface area contributed by atoms with Crippen molar-refractivity contribution in [2.45, 2.75) is 51.4 Å². The number of hydrogen-bond donors (Lipinski definition) is 1. The lowest BCUT2D eigenvalue weighted by molar-refractivity contribution is -0.170. The standard InChI is InChI=1S/C32H36N2O10/c1-21-29(41-17-24-12-8-5-9-13-24)27(40-16-23-10-6-4-7-11-23)19-39-18-25(32(37)44-21)34-31(36)28-30(43-20-42-22(2)35)26(38-3)14-15-33-28/h4-15,21,25,27,29H,16-20H2,1-3H3,(H,34,36)/t21-,25+,27+,29+/m0/s1. The molecule has 0 aliphatic carbocycles. The van der Waals surface area contributed by atoms with E-state index >= 15 is 0 Å². The number of amides is 1. The first kappa shape index (κ1) is 32.4. The first-order valence-electron chi connectivity index (χ1n) is 14.0. The van der Waals surface area contributed by atoms with E-state index in [4.69, 9.17) is 33.2 Å². The monoisotopic (exact) mass is 608 g/mol. The molecule has 12 heteroatoms. The maximum atomic E-state index is 13.3. The number of carbonyl (C=O) groups excluding carboxylic acids is 3. The van der Waals surface area contributed by atoms with Crippen LogP contribution in [-0.4, -0.2) is 74.3 Å². The van der Waals surface area contributed by atoms with Gasteiger partial charge in [-0.15, -0.1) is 0 Å². The molecule has 1 saturated heterocycles. The summed E-state index contributed by atoms with van der Waals surface area (Å²) in [5.41, 5.74) is 1.71. The molecular weight excluding hydrogens is 572 g/mol. The number of benzene rings is 2. The van der Waals surface area contributed by atoms with E-state index in [0.717, 1.165) is 11.1 Å². The molecule has 12 nitrogen and oxygen atoms in total. The van der Waals surface area contributed by atoms with Crippen LogP contribution in [0, 0.1) is 0 Å². The summed E-state index contributed by atoms with van der Waals surface area (Å²) < 4.78 is 39.8. The van der Waals surface area contributed by atoms with E-state index in [-0.39, 0.29) is 37.0 Å². The average molecular weight is 609 g/mol. The highest BCUT2D eigenvalue weighted by atomic mass is 16.7. The van der Waals surface area contributed by atoms with Crippen LogP contribution < -0.4 is 14.8 Å². The van der Waals surface area contributed by atoms with Crippen molar-refractivity contribution in [2.75, 3.05) is 27.1 Å². The van der Waals surface area contributed by atoms with Crippen LogP contribution in [0.4, 0.5) is 0 Å². The van der Waals surface area contributed by atoms with Gasteiger partial charge in [0.1, 0.15) is 18.3 Å². The maximum absolute atomic E-state index is 13.3. The Morgan fingerprint density at radius 1 is 0.955 bits per heavy atom. The topological polar surface area (TPSA) is 141 Å². The number of aromatic nitrogens is 1. The van der Waals surface area contributed by atoms with Gasteiger partial charge in [0.05, 0.1) is 33.5 Å². The van der Waals surface area contributed by atoms with Crippen LogP contribution >= 0.6 is 0 Å². The zero-order valence-electron chi connectivity index (χ0n) is 24.8. The Balaban J connectivity index is 1.50. The van der Waals surface area contributed by atoms with Gasteiger partial charge in [0.15, 0.2) is 23.2 Å². The van der Waals surface area contributed by atoms with Gasteiger partial charge in [0, 0.05) is 19.2 Å². The summed E-state index contributed by atoms with van der Waals surface area (Å²) >= 11 is 0. The van der Waals surface area contributed by atoms with Gasteiger partial charge in [-0.3, -0.25) is 9.59 Å². The molecule has 2 heterocycles. The predicted molar refractivity (Wildman–Crippen MR) is 156 cm³/mol. The third-order valence-electron chi connectivity index (χ3n) is 6.65. The molecule has 234 valence electrons. The molecule has 1 amide bonds. The zero-order valence-corrected chi connectivity index (χ0v) is 24.8. The van der Waals surface area contributed by atoms with Crippen molar-refractivity contribution in [2.24, 2.45) is 0 Å². The second-order valence-corrected chi connectivity index (χ2v) is 9.89. The van der Waals surface area contributed by atoms with Gasteiger partial charge >= 0.3 is 11.9 Å². The van der Waals surface area contributed by atoms with E-state index in [1.807, 2.05) is 60.7 Å². The van der Waals surface area contributed by atoms with Crippen molar-refractivity contribution in [3.05, 3.63) is 89.7 Å². The maximum Gasteiger partial charge on any atom is 0.331 e. The van der Waals surface area contributed by atoms with Gasteiger partial charge in [-0.1, -0.05) is 60.7 Å². The Morgan fingerprint density at radius 3 is 2.25 bits per heavy atom. The summed E-state index contributed by atoms with van der Waals surface area (Å²) in [5, 5.41) is 2.61. The van der Waals surface area contributed by atoms with E-state index in [1.165, 1.54) is 26.3 Å². The Labute approximate surface area is 255 Å². The average Bonchev–Trinajstić information content (AvgIpc) is 3.08. The van der Waals surface area contributed by atoms with Gasteiger partial charge in [-0.25, -0.2) is 9.78 Å². The summed E-state index contributed by atoms with van der Waals surface area (Å²) in [7, 11) is 1.38. The van der Waals surface area contributed by atoms with Crippen molar-refractivity contribution in [1.29, 1.82) is 0 Å². The molecule has 4 rings (SSSR count). The minimum Gasteiger partial charge on any atom is -0.493 e. The first-order chi connectivity index (χ1) is 21.4. The summed E-state index contributed by atoms with van der Waals surface area (Å²) in [5.74, 6) is -1.95. The molecule has 4 atom stereocenters. The van der Waals surface area contributed by atoms with Gasteiger partial charge in [0.2, 0.25) is 6.79 Å². The molecule has 0 saturated carbocycles. The lowest BCUT2D eigenvalue weighted by Crippen LogP contribution is -2.47. The summed E-state index contributed by atoms with van der Waals surface area (Å²) in [6.07, 6.45) is -0.697. The van der Waals surface area contributed by atoms with E-state index in [0.29, 0.717) is 6.61 Å². The van der Waals surface area contributed by atoms with Crippen molar-refractivity contribution in [3.63, 3.8) is 0 Å². The van der Waals surface area contributed by atoms with Crippen LogP contribution in [0.2, 0.25) is 0 Å². The number of cyclic esters (lactones) is 1. The highest BCUT2D eigenvalue weighted by molar-refractivity contribution is 5.98. The normalized spacial score (nSPS) is 20.3. The third kappa shape index (κ3) is 9.24. The van der Waals surface area contributed by atoms with Crippen LogP contribution in [0.15, 0.2) is 72.9 Å². The number of hydrogen-bond acceptors (Lipinski definition) is 11. The van der Waals surface area contributed by atoms with E-state index in [9.17, 15) is 14.4 Å². The van der Waals surface area contributed by atoms with Gasteiger partial charge in [-0.2, -0.15) is 0 Å². The molecule has 1 aromatic heterocycles. The molecule has 1 fully saturated rings. The van der Waals surface area contributed by atoms with Crippen molar-refractivity contribution in [1.82, 2.24) is 10.3 Å². The molecule has 0 bridgehead atoms. The molecule has 1 aliphatic heterocycles. The largest absolute Gasteiger partial charge is 0.493 e. The fourth-order valence-electron chi connectivity index (χ4n) is 4.42. The number of esters is 2. The van der Waals surface area contributed by atoms with Crippen molar-refractivity contribution < 1.29 is 47.5 Å². The molecular formula is C32H36N2O10. The minimum absolute atomic E-state index is 0.0633.